The van der Waals surface area contributed by atoms with Crippen molar-refractivity contribution in [2.24, 2.45) is 11.0 Å². The van der Waals surface area contributed by atoms with Gasteiger partial charge in [0, 0.05) is 10.9 Å². The predicted molar refractivity (Wildman–Crippen MR) is 69.3 cm³/mol. The fourth-order valence-corrected chi connectivity index (χ4v) is 1.41. The second-order valence-corrected chi connectivity index (χ2v) is 4.86. The van der Waals surface area contributed by atoms with Crippen LogP contribution < -0.4 is 5.43 Å². The molecular weight excluding hydrogens is 268 g/mol. The smallest absolute Gasteiger partial charge is 0.240 e. The Labute approximate surface area is 104 Å². The average Bonchev–Trinajstić information content (AvgIpc) is 2.20. The molecule has 0 saturated carbocycles. The molecule has 86 valence electrons. The van der Waals surface area contributed by atoms with E-state index in [2.05, 4.69) is 26.5 Å². The highest BCUT2D eigenvalue weighted by Gasteiger charge is 2.01. The quantitative estimate of drug-likeness (QED) is 0.670. The van der Waals surface area contributed by atoms with Crippen LogP contribution in [0.3, 0.4) is 0 Å². The minimum absolute atomic E-state index is 0.0524. The summed E-state index contributed by atoms with van der Waals surface area (Å²) in [6.07, 6.45) is 2.13. The highest BCUT2D eigenvalue weighted by molar-refractivity contribution is 9.10. The number of nitrogens with one attached hydrogen (secondary N) is 1. The Bertz CT molecular complexity index is 371. The Morgan fingerprint density at radius 3 is 2.62 bits per heavy atom. The lowest BCUT2D eigenvalue weighted by atomic mass is 10.1. The van der Waals surface area contributed by atoms with E-state index in [-0.39, 0.29) is 5.91 Å². The van der Waals surface area contributed by atoms with E-state index in [1.807, 2.05) is 38.1 Å². The summed E-state index contributed by atoms with van der Waals surface area (Å²) >= 11 is 3.35. The third-order valence-electron chi connectivity index (χ3n) is 1.87. The molecule has 3 nitrogen and oxygen atoms in total. The first-order chi connectivity index (χ1) is 7.58. The molecule has 16 heavy (non-hydrogen) atoms. The zero-order valence-corrected chi connectivity index (χ0v) is 11.0. The molecule has 0 radical (unpaired) electrons. The van der Waals surface area contributed by atoms with Crippen LogP contribution in [0.1, 0.15) is 25.8 Å². The number of hydrazone groups is 1. The maximum atomic E-state index is 11.3. The van der Waals surface area contributed by atoms with Gasteiger partial charge in [0.1, 0.15) is 0 Å². The van der Waals surface area contributed by atoms with Gasteiger partial charge >= 0.3 is 0 Å². The highest BCUT2D eigenvalue weighted by Crippen LogP contribution is 2.08. The number of benzene rings is 1. The van der Waals surface area contributed by atoms with Crippen LogP contribution in [0, 0.1) is 5.92 Å². The van der Waals surface area contributed by atoms with Crippen LogP contribution in [-0.2, 0) is 4.79 Å². The fourth-order valence-electron chi connectivity index (χ4n) is 1.14. The summed E-state index contributed by atoms with van der Waals surface area (Å²) in [4.78, 5) is 11.3. The van der Waals surface area contributed by atoms with Crippen LogP contribution in [0.2, 0.25) is 0 Å². The highest BCUT2D eigenvalue weighted by atomic mass is 79.9. The summed E-state index contributed by atoms with van der Waals surface area (Å²) in [7, 11) is 0. The minimum atomic E-state index is -0.0524. The summed E-state index contributed by atoms with van der Waals surface area (Å²) < 4.78 is 1.02. The Kier molecular flexibility index (Phi) is 5.19. The van der Waals surface area contributed by atoms with Gasteiger partial charge in [0.05, 0.1) is 6.21 Å². The van der Waals surface area contributed by atoms with Crippen molar-refractivity contribution >= 4 is 28.1 Å². The number of halogens is 1. The molecule has 0 aromatic heterocycles. The number of rotatable bonds is 4. The van der Waals surface area contributed by atoms with Gasteiger partial charge in [0.2, 0.25) is 5.91 Å². The van der Waals surface area contributed by atoms with Gasteiger partial charge in [0.25, 0.3) is 0 Å². The van der Waals surface area contributed by atoms with Crippen molar-refractivity contribution in [1.82, 2.24) is 5.43 Å². The van der Waals surface area contributed by atoms with E-state index in [0.29, 0.717) is 12.3 Å². The molecule has 0 fully saturated rings. The largest absolute Gasteiger partial charge is 0.273 e. The molecule has 0 atom stereocenters. The van der Waals surface area contributed by atoms with E-state index in [9.17, 15) is 4.79 Å². The number of carbonyl (C=O) groups is 1. The standard InChI is InChI=1S/C12H15BrN2O/c1-9(2)7-12(16)15-14-8-10-3-5-11(13)6-4-10/h3-6,8-9H,7H2,1-2H3,(H,15,16)/b14-8-. The van der Waals surface area contributed by atoms with Gasteiger partial charge < -0.3 is 0 Å². The van der Waals surface area contributed by atoms with Crippen LogP contribution in [0.15, 0.2) is 33.8 Å². The molecule has 0 unspecified atom stereocenters. The lowest BCUT2D eigenvalue weighted by Crippen LogP contribution is -2.19. The number of amides is 1. The number of nitrogens with zero attached hydrogens (tertiary/aromatic N) is 1. The number of hydrogen-bond donors (Lipinski definition) is 1. The molecule has 1 aromatic rings. The Morgan fingerprint density at radius 1 is 1.44 bits per heavy atom. The summed E-state index contributed by atoms with van der Waals surface area (Å²) in [6.45, 7) is 4.00. The summed E-state index contributed by atoms with van der Waals surface area (Å²) in [5.41, 5.74) is 3.45. The zero-order valence-electron chi connectivity index (χ0n) is 9.40. The lowest BCUT2D eigenvalue weighted by molar-refractivity contribution is -0.121. The van der Waals surface area contributed by atoms with Gasteiger partial charge in [-0.15, -0.1) is 0 Å². The van der Waals surface area contributed by atoms with Gasteiger partial charge in [-0.25, -0.2) is 5.43 Å². The second-order valence-electron chi connectivity index (χ2n) is 3.94. The topological polar surface area (TPSA) is 41.5 Å². The van der Waals surface area contributed by atoms with E-state index in [0.717, 1.165) is 10.0 Å². The van der Waals surface area contributed by atoms with Crippen molar-refractivity contribution in [1.29, 1.82) is 0 Å². The summed E-state index contributed by atoms with van der Waals surface area (Å²) in [5, 5.41) is 3.88. The van der Waals surface area contributed by atoms with Gasteiger partial charge in [-0.3, -0.25) is 4.79 Å². The van der Waals surface area contributed by atoms with E-state index in [4.69, 9.17) is 0 Å². The van der Waals surface area contributed by atoms with Crippen LogP contribution in [0.5, 0.6) is 0 Å². The van der Waals surface area contributed by atoms with Crippen molar-refractivity contribution < 1.29 is 4.79 Å². The molecule has 0 aliphatic heterocycles. The average molecular weight is 283 g/mol. The lowest BCUT2D eigenvalue weighted by Gasteiger charge is -2.01. The number of carbonyl (C=O) groups excluding carboxylic acids is 1. The fraction of sp³-hybridized carbons (Fsp3) is 0.333. The Hall–Kier alpha value is -1.16. The van der Waals surface area contributed by atoms with Crippen molar-refractivity contribution in [3.63, 3.8) is 0 Å². The molecule has 0 spiro atoms. The van der Waals surface area contributed by atoms with Crippen molar-refractivity contribution in [2.75, 3.05) is 0 Å². The maximum Gasteiger partial charge on any atom is 0.240 e. The molecule has 0 aliphatic carbocycles. The Morgan fingerprint density at radius 2 is 2.06 bits per heavy atom. The van der Waals surface area contributed by atoms with Gasteiger partial charge in [0.15, 0.2) is 0 Å². The van der Waals surface area contributed by atoms with E-state index < -0.39 is 0 Å². The summed E-state index contributed by atoms with van der Waals surface area (Å²) in [6, 6.07) is 7.69. The van der Waals surface area contributed by atoms with Crippen molar-refractivity contribution in [3.05, 3.63) is 34.3 Å². The molecule has 1 amide bonds. The third-order valence-corrected chi connectivity index (χ3v) is 2.40. The van der Waals surface area contributed by atoms with E-state index in [1.54, 1.807) is 6.21 Å². The molecule has 4 heteroatoms. The monoisotopic (exact) mass is 282 g/mol. The van der Waals surface area contributed by atoms with Crippen LogP contribution >= 0.6 is 15.9 Å². The van der Waals surface area contributed by atoms with Crippen molar-refractivity contribution in [3.8, 4) is 0 Å². The van der Waals surface area contributed by atoms with Gasteiger partial charge in [-0.2, -0.15) is 5.10 Å². The molecule has 0 aliphatic rings. The molecular formula is C12H15BrN2O. The maximum absolute atomic E-state index is 11.3. The van der Waals surface area contributed by atoms with Gasteiger partial charge in [-0.05, 0) is 23.6 Å². The number of hydrogen-bond acceptors (Lipinski definition) is 2. The first kappa shape index (κ1) is 12.9. The predicted octanol–water partition coefficient (Wildman–Crippen LogP) is 2.95. The Balaban J connectivity index is 2.43. The second kappa shape index (κ2) is 6.43. The molecule has 0 bridgehead atoms. The van der Waals surface area contributed by atoms with E-state index in [1.165, 1.54) is 0 Å². The van der Waals surface area contributed by atoms with Crippen LogP contribution in [-0.4, -0.2) is 12.1 Å². The van der Waals surface area contributed by atoms with E-state index >= 15 is 0 Å². The van der Waals surface area contributed by atoms with Crippen LogP contribution in [0.25, 0.3) is 0 Å². The molecule has 0 saturated heterocycles. The molecule has 0 heterocycles. The normalized spacial score (nSPS) is 11.0. The zero-order chi connectivity index (χ0) is 12.0. The molecule has 1 aromatic carbocycles. The molecule has 1 rings (SSSR count). The third kappa shape index (κ3) is 5.07. The first-order valence-electron chi connectivity index (χ1n) is 5.15. The van der Waals surface area contributed by atoms with Crippen molar-refractivity contribution in [2.45, 2.75) is 20.3 Å². The van der Waals surface area contributed by atoms with Gasteiger partial charge in [-0.1, -0.05) is 41.9 Å². The summed E-state index contributed by atoms with van der Waals surface area (Å²) in [5.74, 6) is 0.297. The minimum Gasteiger partial charge on any atom is -0.273 e. The molecule has 1 N–H and O–H groups in total. The van der Waals surface area contributed by atoms with Crippen LogP contribution in [0.4, 0.5) is 0 Å². The first-order valence-corrected chi connectivity index (χ1v) is 5.94. The SMILES string of the molecule is CC(C)CC(=O)N/N=C\c1ccc(Br)cc1.